The molecule has 0 aromatic heterocycles. The van der Waals surface area contributed by atoms with E-state index in [4.69, 9.17) is 42.6 Å². The molecule has 0 fully saturated rings. The summed E-state index contributed by atoms with van der Waals surface area (Å²) in [5, 5.41) is 20.7. The zero-order valence-electron chi connectivity index (χ0n) is 81.1. The Bertz CT molecular complexity index is 5530. The van der Waals surface area contributed by atoms with E-state index in [0.29, 0.717) is 62.9 Å². The minimum atomic E-state index is -2.01. The SMILES string of the molecule is CCCCCCCC(=O)N[C@@H](CCC(=O)OCc1ccccc1)C(=O)N[C@@H](CCC(=O)OCc1ccccc1)C(=O)N[C@@H](CCC(=O)OCc1ccccc1)C(=O)N[C@@H](CCC(=O)OCc1ccccc1)C(=O)N[C@@H](CCC(=O)OCc1ccccc1)C(=O)N[C@@H](CCC(=O)OCc1ccccc1)C(=O)N[C@@H](CCC(=O)OCc1ccccc1)C(=O)N[C@@H](CCC(=O)OCc1ccccc1)C(=O)OCc1ccccc1. The molecule has 9 rings (SSSR count). The predicted molar refractivity (Wildman–Crippen MR) is 529 cm³/mol. The maximum Gasteiger partial charge on any atom is 0.328 e. The van der Waals surface area contributed by atoms with Gasteiger partial charge in [0.2, 0.25) is 47.3 Å². The first kappa shape index (κ1) is 113. The van der Waals surface area contributed by atoms with Crippen molar-refractivity contribution in [3.63, 3.8) is 0 Å². The second-order valence-electron chi connectivity index (χ2n) is 34.3. The molecule has 766 valence electrons. The molecule has 0 unspecified atom stereocenters. The Morgan fingerprint density at radius 3 is 0.510 bits per heavy atom. The lowest BCUT2D eigenvalue weighted by Gasteiger charge is -2.28. The summed E-state index contributed by atoms with van der Waals surface area (Å²) in [7, 11) is 0. The number of esters is 9. The van der Waals surface area contributed by atoms with E-state index >= 15 is 28.8 Å². The molecule has 0 saturated heterocycles. The zero-order valence-corrected chi connectivity index (χ0v) is 81.1. The predicted octanol–water partition coefficient (Wildman–Crippen LogP) is 12.2. The van der Waals surface area contributed by atoms with Gasteiger partial charge in [-0.15, -0.1) is 0 Å². The number of hydrogen-bond acceptors (Lipinski definition) is 26. The molecule has 34 nitrogen and oxygen atoms in total. The van der Waals surface area contributed by atoms with E-state index in [2.05, 4.69) is 42.5 Å². The largest absolute Gasteiger partial charge is 0.461 e. The summed E-state index contributed by atoms with van der Waals surface area (Å²) in [6, 6.07) is 62.2. The van der Waals surface area contributed by atoms with Crippen molar-refractivity contribution >= 4 is 101 Å². The number of amides is 8. The molecule has 0 spiro atoms. The molecule has 0 aliphatic heterocycles. The third-order valence-electron chi connectivity index (χ3n) is 22.8. The Labute approximate surface area is 842 Å². The van der Waals surface area contributed by atoms with Crippen LogP contribution < -0.4 is 42.5 Å². The van der Waals surface area contributed by atoms with Crippen LogP contribution in [-0.2, 0) is 184 Å². The maximum absolute atomic E-state index is 15.8. The van der Waals surface area contributed by atoms with Crippen molar-refractivity contribution in [1.29, 1.82) is 0 Å². The van der Waals surface area contributed by atoms with Gasteiger partial charge in [-0.05, 0) is 108 Å². The first-order chi connectivity index (χ1) is 70.4. The quantitative estimate of drug-likeness (QED) is 0.00997. The van der Waals surface area contributed by atoms with E-state index < -0.39 is 246 Å². The number of carbonyl (C=O) groups excluding carboxylic acids is 17. The topological polar surface area (TPSA) is 469 Å². The highest BCUT2D eigenvalue weighted by atomic mass is 16.6. The summed E-state index contributed by atoms with van der Waals surface area (Å²) in [6.45, 7) is -0.0399. The minimum Gasteiger partial charge on any atom is -0.461 e. The first-order valence-electron chi connectivity index (χ1n) is 48.6. The third kappa shape index (κ3) is 45.2. The van der Waals surface area contributed by atoms with Crippen LogP contribution in [0.2, 0.25) is 0 Å². The van der Waals surface area contributed by atoms with E-state index in [9.17, 15) is 52.7 Å². The van der Waals surface area contributed by atoms with Crippen LogP contribution in [0.1, 0.15) is 198 Å². The molecule has 0 saturated carbocycles. The van der Waals surface area contributed by atoms with Crippen LogP contribution >= 0.6 is 0 Å². The van der Waals surface area contributed by atoms with Gasteiger partial charge in [-0.3, -0.25) is 76.7 Å². The first-order valence-corrected chi connectivity index (χ1v) is 48.6. The van der Waals surface area contributed by atoms with Crippen molar-refractivity contribution in [2.24, 2.45) is 0 Å². The van der Waals surface area contributed by atoms with E-state index in [1.807, 2.05) is 6.92 Å². The number of ether oxygens (including phenoxy) is 9. The third-order valence-corrected chi connectivity index (χ3v) is 22.8. The van der Waals surface area contributed by atoms with Gasteiger partial charge in [-0.1, -0.05) is 306 Å². The lowest BCUT2D eigenvalue weighted by atomic mass is 10.0. The Kier molecular flexibility index (Phi) is 50.0. The van der Waals surface area contributed by atoms with Gasteiger partial charge in [0.05, 0.1) is 0 Å². The van der Waals surface area contributed by atoms with Gasteiger partial charge in [-0.2, -0.15) is 0 Å². The van der Waals surface area contributed by atoms with E-state index in [1.165, 1.54) is 0 Å². The molecule has 0 bridgehead atoms. The van der Waals surface area contributed by atoms with Crippen LogP contribution in [0.4, 0.5) is 0 Å². The Morgan fingerprint density at radius 1 is 0.179 bits per heavy atom. The van der Waals surface area contributed by atoms with Crippen molar-refractivity contribution in [3.05, 3.63) is 323 Å². The van der Waals surface area contributed by atoms with Crippen molar-refractivity contribution in [2.75, 3.05) is 0 Å². The fourth-order valence-corrected chi connectivity index (χ4v) is 14.6. The molecule has 8 atom stereocenters. The number of carbonyl (C=O) groups is 17. The van der Waals surface area contributed by atoms with Crippen molar-refractivity contribution in [2.45, 2.75) is 256 Å². The van der Waals surface area contributed by atoms with Crippen molar-refractivity contribution in [1.82, 2.24) is 42.5 Å². The molecule has 145 heavy (non-hydrogen) atoms. The van der Waals surface area contributed by atoms with E-state index in [1.54, 1.807) is 273 Å². The van der Waals surface area contributed by atoms with Crippen LogP contribution in [0.3, 0.4) is 0 Å². The summed E-state index contributed by atoms with van der Waals surface area (Å²) >= 11 is 0. The average Bonchev–Trinajstić information content (AvgIpc) is 0.859. The van der Waals surface area contributed by atoms with Crippen LogP contribution in [-0.4, -0.2) is 149 Å². The number of benzene rings is 9. The van der Waals surface area contributed by atoms with Gasteiger partial charge in [0, 0.05) is 57.8 Å². The Hall–Kier alpha value is -16.0. The highest BCUT2D eigenvalue weighted by Crippen LogP contribution is 2.20. The summed E-state index contributed by atoms with van der Waals surface area (Å²) < 4.78 is 50.5. The van der Waals surface area contributed by atoms with Gasteiger partial charge in [-0.25, -0.2) is 4.79 Å². The summed E-state index contributed by atoms with van der Waals surface area (Å²) in [5.74, 6) is -17.0. The van der Waals surface area contributed by atoms with E-state index in [0.717, 1.165) is 19.3 Å². The number of hydrogen-bond donors (Lipinski definition) is 8. The normalized spacial score (nSPS) is 12.4. The molecular weight excluding hydrogens is 1860 g/mol. The summed E-state index contributed by atoms with van der Waals surface area (Å²) in [4.78, 5) is 247. The zero-order chi connectivity index (χ0) is 103. The molecule has 9 aromatic rings. The van der Waals surface area contributed by atoms with Crippen molar-refractivity contribution < 1.29 is 124 Å². The van der Waals surface area contributed by atoms with Crippen LogP contribution in [0.15, 0.2) is 273 Å². The summed E-state index contributed by atoms with van der Waals surface area (Å²) in [6.07, 6.45) is -5.69. The van der Waals surface area contributed by atoms with Gasteiger partial charge >= 0.3 is 53.7 Å². The van der Waals surface area contributed by atoms with E-state index in [-0.39, 0.29) is 72.3 Å². The van der Waals surface area contributed by atoms with Gasteiger partial charge < -0.3 is 85.2 Å². The van der Waals surface area contributed by atoms with Crippen LogP contribution in [0.5, 0.6) is 0 Å². The highest BCUT2D eigenvalue weighted by Gasteiger charge is 2.38. The van der Waals surface area contributed by atoms with Gasteiger partial charge in [0.1, 0.15) is 108 Å². The molecule has 0 aliphatic rings. The molecule has 8 amide bonds. The number of nitrogens with one attached hydrogen (secondary N) is 8. The lowest BCUT2D eigenvalue weighted by molar-refractivity contribution is -0.151. The Morgan fingerprint density at radius 2 is 0.331 bits per heavy atom. The number of rotatable bonds is 64. The standard InChI is InChI=1S/C111H126N8O26/c1-2-3-4-5-33-52-95(120)112-87(53-61-96(121)137-69-78-34-15-6-16-35-78)104(129)113-88(54-62-97(122)138-70-79-36-17-7-18-37-79)105(130)114-89(55-63-98(123)139-71-80-38-19-8-20-39-80)106(131)115-90(56-64-99(124)140-72-81-40-21-9-22-41-81)107(132)116-91(57-65-100(125)141-73-82-42-23-10-24-43-82)108(133)117-92(58-66-101(126)142-74-83-44-25-11-26-45-83)109(134)118-93(59-67-102(127)143-75-84-46-27-12-28-47-84)110(135)119-94(111(136)145-77-86-50-31-14-32-51-86)60-68-103(128)144-76-85-48-29-13-30-49-85/h6-32,34-51,87-94H,2-5,33,52-77H2,1H3,(H,112,120)(H,113,129)(H,114,130)(H,115,131)(H,116,132)(H,117,133)(H,118,134)(H,119,135)/t87-,88-,89-,90-,91-,92-,93-,94-/m0/s1. The molecule has 0 radical (unpaired) electrons. The molecule has 8 N–H and O–H groups in total. The smallest absolute Gasteiger partial charge is 0.328 e. The molecule has 0 aliphatic carbocycles. The second kappa shape index (κ2) is 64.4. The molecular formula is C111H126N8O26. The fourth-order valence-electron chi connectivity index (χ4n) is 14.6. The Balaban J connectivity index is 1.06. The molecule has 9 aromatic carbocycles. The van der Waals surface area contributed by atoms with Crippen molar-refractivity contribution in [3.8, 4) is 0 Å². The lowest BCUT2D eigenvalue weighted by Crippen LogP contribution is -2.60. The highest BCUT2D eigenvalue weighted by molar-refractivity contribution is 5.99. The monoisotopic (exact) mass is 1990 g/mol. The van der Waals surface area contributed by atoms with Gasteiger partial charge in [0.25, 0.3) is 0 Å². The second-order valence-corrected chi connectivity index (χ2v) is 34.3. The summed E-state index contributed by atoms with van der Waals surface area (Å²) in [5.41, 5.74) is 5.26. The molecule has 34 heteroatoms. The maximum atomic E-state index is 15.8. The minimum absolute atomic E-state index is 0.0285. The molecule has 0 heterocycles. The average molecular weight is 1990 g/mol. The number of unbranched alkanes of at least 4 members (excludes halogenated alkanes) is 4. The van der Waals surface area contributed by atoms with Crippen LogP contribution in [0, 0.1) is 0 Å². The fraction of sp³-hybridized carbons (Fsp3) is 0.360. The van der Waals surface area contributed by atoms with Gasteiger partial charge in [0.15, 0.2) is 0 Å². The van der Waals surface area contributed by atoms with Crippen LogP contribution in [0.25, 0.3) is 0 Å².